The van der Waals surface area contributed by atoms with Crippen LogP contribution in [0.4, 0.5) is 5.69 Å². The summed E-state index contributed by atoms with van der Waals surface area (Å²) in [5.74, 6) is 0.710. The fourth-order valence-corrected chi connectivity index (χ4v) is 6.20. The number of aromatic nitrogens is 1. The Hall–Kier alpha value is -3.66. The highest BCUT2D eigenvalue weighted by Crippen LogP contribution is 2.35. The Balaban J connectivity index is 1.14. The Morgan fingerprint density at radius 3 is 2.67 bits per heavy atom. The van der Waals surface area contributed by atoms with Crippen molar-refractivity contribution in [3.05, 3.63) is 88.9 Å². The zero-order chi connectivity index (χ0) is 27.7. The summed E-state index contributed by atoms with van der Waals surface area (Å²) in [5.41, 5.74) is 3.04. The molecule has 1 aliphatic rings. The highest BCUT2D eigenvalue weighted by Gasteiger charge is 2.14. The lowest BCUT2D eigenvalue weighted by Crippen LogP contribution is -2.38. The number of amides is 1. The molecule has 1 amide bonds. The summed E-state index contributed by atoms with van der Waals surface area (Å²) in [6.45, 7) is 4.67. The number of nitrogens with one attached hydrogen (secondary N) is 2. The highest BCUT2D eigenvalue weighted by atomic mass is 32.2. The normalized spacial score (nSPS) is 12.9. The number of hydrogen-bond acceptors (Lipinski definition) is 8. The molecule has 40 heavy (non-hydrogen) atoms. The van der Waals surface area contributed by atoms with Crippen LogP contribution in [-0.2, 0) is 6.54 Å². The molecule has 9 heteroatoms. The Morgan fingerprint density at radius 2 is 1.93 bits per heavy atom. The molecule has 1 saturated heterocycles. The molecular formula is C31H32N4O3S2. The van der Waals surface area contributed by atoms with Gasteiger partial charge in [0.2, 0.25) is 0 Å². The van der Waals surface area contributed by atoms with Crippen molar-refractivity contribution < 1.29 is 14.3 Å². The van der Waals surface area contributed by atoms with E-state index >= 15 is 0 Å². The first-order valence-electron chi connectivity index (χ1n) is 13.4. The van der Waals surface area contributed by atoms with Crippen LogP contribution in [0.5, 0.6) is 5.75 Å². The smallest absolute Gasteiger partial charge is 0.251 e. The van der Waals surface area contributed by atoms with Crippen molar-refractivity contribution in [2.75, 3.05) is 38.6 Å². The van der Waals surface area contributed by atoms with Crippen LogP contribution in [0.25, 0.3) is 10.6 Å². The largest absolute Gasteiger partial charge is 0.494 e. The number of hydrogen-bond donors (Lipinski definition) is 2. The Bertz CT molecular complexity index is 1450. The minimum Gasteiger partial charge on any atom is -0.494 e. The molecular weight excluding hydrogens is 541 g/mol. The molecule has 1 aliphatic heterocycles. The number of carbonyl (C=O) groups excluding carboxylic acids is 2. The summed E-state index contributed by atoms with van der Waals surface area (Å²) in [5, 5.41) is 7.07. The molecule has 0 bridgehead atoms. The molecule has 0 spiro atoms. The van der Waals surface area contributed by atoms with E-state index in [-0.39, 0.29) is 5.91 Å². The number of benzene rings is 3. The van der Waals surface area contributed by atoms with E-state index in [9.17, 15) is 9.59 Å². The fraction of sp³-hybridized carbons (Fsp3) is 0.258. The quantitative estimate of drug-likeness (QED) is 0.145. The zero-order valence-electron chi connectivity index (χ0n) is 22.4. The predicted octanol–water partition coefficient (Wildman–Crippen LogP) is 6.22. The molecule has 3 aromatic carbocycles. The van der Waals surface area contributed by atoms with Gasteiger partial charge in [0.25, 0.3) is 5.91 Å². The third-order valence-corrected chi connectivity index (χ3v) is 8.91. The topological polar surface area (TPSA) is 83.6 Å². The van der Waals surface area contributed by atoms with Crippen LogP contribution < -0.4 is 15.4 Å². The van der Waals surface area contributed by atoms with E-state index in [1.54, 1.807) is 23.5 Å². The van der Waals surface area contributed by atoms with Crippen molar-refractivity contribution in [1.82, 2.24) is 15.2 Å². The summed E-state index contributed by atoms with van der Waals surface area (Å²) >= 11 is 3.05. The minimum atomic E-state index is -0.160. The first kappa shape index (κ1) is 27.9. The van der Waals surface area contributed by atoms with Gasteiger partial charge >= 0.3 is 0 Å². The molecule has 7 nitrogen and oxygen atoms in total. The first-order valence-corrected chi connectivity index (χ1v) is 15.0. The molecule has 0 aliphatic carbocycles. The molecule has 2 heterocycles. The summed E-state index contributed by atoms with van der Waals surface area (Å²) < 4.78 is 5.88. The Labute approximate surface area is 243 Å². The number of nitrogens with zero attached hydrogens (tertiary/aromatic N) is 2. The van der Waals surface area contributed by atoms with E-state index in [0.29, 0.717) is 17.7 Å². The van der Waals surface area contributed by atoms with E-state index in [2.05, 4.69) is 20.5 Å². The van der Waals surface area contributed by atoms with Gasteiger partial charge in [0.1, 0.15) is 10.8 Å². The molecule has 206 valence electrons. The van der Waals surface area contributed by atoms with Gasteiger partial charge in [-0.2, -0.15) is 0 Å². The number of ether oxygens (including phenoxy) is 1. The van der Waals surface area contributed by atoms with Crippen LogP contribution in [0.3, 0.4) is 0 Å². The molecule has 1 fully saturated rings. The molecule has 0 atom stereocenters. The van der Waals surface area contributed by atoms with Gasteiger partial charge in [-0.15, -0.1) is 11.3 Å². The average molecular weight is 573 g/mol. The van der Waals surface area contributed by atoms with Crippen LogP contribution in [0.2, 0.25) is 0 Å². The number of anilines is 1. The van der Waals surface area contributed by atoms with Crippen LogP contribution >= 0.6 is 23.1 Å². The SMILES string of the molecule is CNc1cc(C(=O)NCc2cnc(-c3ccc(OCCCN4CCC4)cc3)s2)ccc1Sc1ccccc1C=O. The molecule has 2 N–H and O–H groups in total. The van der Waals surface area contributed by atoms with Crippen LogP contribution in [-0.4, -0.2) is 55.4 Å². The van der Waals surface area contributed by atoms with E-state index in [4.69, 9.17) is 4.74 Å². The van der Waals surface area contributed by atoms with Crippen molar-refractivity contribution in [2.45, 2.75) is 29.2 Å². The van der Waals surface area contributed by atoms with E-state index in [1.807, 2.05) is 67.8 Å². The lowest BCUT2D eigenvalue weighted by atomic mass is 10.2. The van der Waals surface area contributed by atoms with E-state index in [1.165, 1.54) is 31.3 Å². The van der Waals surface area contributed by atoms with Gasteiger partial charge in [-0.1, -0.05) is 30.0 Å². The van der Waals surface area contributed by atoms with Crippen molar-refractivity contribution in [1.29, 1.82) is 0 Å². The second kappa shape index (κ2) is 13.6. The van der Waals surface area contributed by atoms with Crippen LogP contribution in [0.15, 0.2) is 82.7 Å². The van der Waals surface area contributed by atoms with Crippen molar-refractivity contribution in [3.63, 3.8) is 0 Å². The molecule has 4 aromatic rings. The lowest BCUT2D eigenvalue weighted by molar-refractivity contribution is 0.0951. The average Bonchev–Trinajstić information content (AvgIpc) is 3.45. The monoisotopic (exact) mass is 572 g/mol. The van der Waals surface area contributed by atoms with Crippen LogP contribution in [0.1, 0.15) is 38.4 Å². The molecule has 0 unspecified atom stereocenters. The van der Waals surface area contributed by atoms with Crippen molar-refractivity contribution >= 4 is 41.0 Å². The number of rotatable bonds is 13. The summed E-state index contributed by atoms with van der Waals surface area (Å²) in [6, 6.07) is 21.0. The first-order chi connectivity index (χ1) is 19.6. The number of thiazole rings is 1. The van der Waals surface area contributed by atoms with Crippen molar-refractivity contribution in [3.8, 4) is 16.3 Å². The van der Waals surface area contributed by atoms with Gasteiger partial charge in [-0.3, -0.25) is 9.59 Å². The maximum absolute atomic E-state index is 12.9. The fourth-order valence-electron chi connectivity index (χ4n) is 4.31. The standard InChI is InChI=1S/C31H32N4O3S2/c1-32-27-18-23(10-13-29(27)40-28-7-3-2-6-24(28)21-36)30(37)33-19-26-20-34-31(39-26)22-8-11-25(12-9-22)38-17-5-16-35-14-4-15-35/h2-3,6-13,18,20-21,32H,4-5,14-17,19H2,1H3,(H,33,37). The lowest BCUT2D eigenvalue weighted by Gasteiger charge is -2.30. The molecule has 1 aromatic heterocycles. The summed E-state index contributed by atoms with van der Waals surface area (Å²) in [7, 11) is 1.82. The Morgan fingerprint density at radius 1 is 1.10 bits per heavy atom. The highest BCUT2D eigenvalue weighted by molar-refractivity contribution is 7.99. The number of likely N-dealkylation sites (tertiary alicyclic amines) is 1. The zero-order valence-corrected chi connectivity index (χ0v) is 24.0. The number of aldehydes is 1. The number of carbonyl (C=O) groups is 2. The molecule has 0 saturated carbocycles. The second-order valence-corrected chi connectivity index (χ2v) is 11.7. The van der Waals surface area contributed by atoms with Crippen LogP contribution in [0, 0.1) is 0 Å². The van der Waals surface area contributed by atoms with Gasteiger partial charge in [0.15, 0.2) is 6.29 Å². The maximum Gasteiger partial charge on any atom is 0.251 e. The van der Waals surface area contributed by atoms with Gasteiger partial charge in [-0.25, -0.2) is 4.98 Å². The summed E-state index contributed by atoms with van der Waals surface area (Å²) in [4.78, 5) is 34.1. The molecule has 5 rings (SSSR count). The third kappa shape index (κ3) is 7.10. The molecule has 0 radical (unpaired) electrons. The van der Waals surface area contributed by atoms with E-state index in [0.717, 1.165) is 62.5 Å². The van der Waals surface area contributed by atoms with Crippen molar-refractivity contribution in [2.24, 2.45) is 0 Å². The second-order valence-electron chi connectivity index (χ2n) is 9.45. The van der Waals surface area contributed by atoms with Gasteiger partial charge in [-0.05, 0) is 74.5 Å². The van der Waals surface area contributed by atoms with Gasteiger partial charge in [0.05, 0.1) is 13.2 Å². The predicted molar refractivity (Wildman–Crippen MR) is 162 cm³/mol. The van der Waals surface area contributed by atoms with Gasteiger partial charge < -0.3 is 20.3 Å². The van der Waals surface area contributed by atoms with E-state index < -0.39 is 0 Å². The maximum atomic E-state index is 12.9. The minimum absolute atomic E-state index is 0.160. The third-order valence-electron chi connectivity index (χ3n) is 6.69. The summed E-state index contributed by atoms with van der Waals surface area (Å²) in [6.07, 6.45) is 5.02. The Kier molecular flexibility index (Phi) is 9.49. The van der Waals surface area contributed by atoms with Gasteiger partial charge in [0, 0.05) is 56.8 Å².